The fourth-order valence-corrected chi connectivity index (χ4v) is 5.21. The van der Waals surface area contributed by atoms with Crippen molar-refractivity contribution in [1.29, 1.82) is 0 Å². The second kappa shape index (κ2) is 18.9. The molecule has 2 aliphatic rings. The number of urea groups is 1. The van der Waals surface area contributed by atoms with E-state index in [1.54, 1.807) is 12.1 Å². The molecule has 2 aromatic rings. The topological polar surface area (TPSA) is 106 Å². The molecule has 46 heavy (non-hydrogen) atoms. The van der Waals surface area contributed by atoms with E-state index in [1.807, 2.05) is 25.1 Å². The number of aliphatic hydroxyl groups excluding tert-OH is 1. The zero-order valence-electron chi connectivity index (χ0n) is 27.4. The maximum absolute atomic E-state index is 12.8. The fraction of sp³-hybridized carbons (Fsp3) is 0.636. The lowest BCUT2D eigenvalue weighted by Gasteiger charge is -2.28. The van der Waals surface area contributed by atoms with Gasteiger partial charge >= 0.3 is 12.2 Å². The Morgan fingerprint density at radius 2 is 1.83 bits per heavy atom. The van der Waals surface area contributed by atoms with Crippen molar-refractivity contribution in [3.63, 3.8) is 0 Å². The molecule has 0 spiro atoms. The Labute approximate surface area is 270 Å². The summed E-state index contributed by atoms with van der Waals surface area (Å²) in [4.78, 5) is 21.0. The number of likely N-dealkylation sites (tertiary alicyclic amines) is 1. The number of anilines is 2. The SMILES string of the molecule is CCCOCCC.COCC(O)COc1cc(-c2cc(NC(=O)N3CCC(CC(F)(F)F)C3)ccc2C)cc(N2CCOCC2)n1. The largest absolute Gasteiger partial charge is 0.475 e. The number of carbonyl (C=O) groups excluding carboxylic acids is 1. The second-order valence-corrected chi connectivity index (χ2v) is 11.6. The number of halogens is 3. The Hall–Kier alpha value is -3.13. The Bertz CT molecular complexity index is 1210. The van der Waals surface area contributed by atoms with Crippen molar-refractivity contribution in [2.75, 3.05) is 83.1 Å². The van der Waals surface area contributed by atoms with Crippen LogP contribution in [0.15, 0.2) is 30.3 Å². The van der Waals surface area contributed by atoms with E-state index in [4.69, 9.17) is 18.9 Å². The van der Waals surface area contributed by atoms with Gasteiger partial charge in [0.05, 0.1) is 19.8 Å². The number of methoxy groups -OCH3 is 1. The number of rotatable bonds is 13. The van der Waals surface area contributed by atoms with E-state index in [1.165, 1.54) is 12.0 Å². The average molecular weight is 655 g/mol. The van der Waals surface area contributed by atoms with Crippen molar-refractivity contribution >= 4 is 17.5 Å². The summed E-state index contributed by atoms with van der Waals surface area (Å²) in [5.41, 5.74) is 3.12. The third-order valence-corrected chi connectivity index (χ3v) is 7.50. The average Bonchev–Trinajstić information content (AvgIpc) is 3.49. The number of nitrogens with zero attached hydrogens (tertiary/aromatic N) is 3. The van der Waals surface area contributed by atoms with Gasteiger partial charge in [-0.1, -0.05) is 19.9 Å². The number of aliphatic hydroxyl groups is 1. The van der Waals surface area contributed by atoms with Gasteiger partial charge in [0.1, 0.15) is 18.5 Å². The predicted molar refractivity (Wildman–Crippen MR) is 172 cm³/mol. The first-order valence-corrected chi connectivity index (χ1v) is 16.0. The number of morpholine rings is 1. The monoisotopic (exact) mass is 654 g/mol. The number of aromatic nitrogens is 1. The molecule has 2 amide bonds. The van der Waals surface area contributed by atoms with Gasteiger partial charge in [-0.3, -0.25) is 0 Å². The van der Waals surface area contributed by atoms with Gasteiger partial charge in [0.2, 0.25) is 5.88 Å². The molecule has 10 nitrogen and oxygen atoms in total. The number of hydrogen-bond acceptors (Lipinski definition) is 8. The molecule has 2 unspecified atom stereocenters. The molecule has 2 fully saturated rings. The zero-order chi connectivity index (χ0) is 33.5. The summed E-state index contributed by atoms with van der Waals surface area (Å²) < 4.78 is 59.7. The molecule has 1 aromatic carbocycles. The van der Waals surface area contributed by atoms with Crippen molar-refractivity contribution in [1.82, 2.24) is 9.88 Å². The number of hydrogen-bond donors (Lipinski definition) is 2. The highest BCUT2D eigenvalue weighted by Gasteiger charge is 2.36. The van der Waals surface area contributed by atoms with Crippen molar-refractivity contribution in [3.8, 4) is 17.0 Å². The maximum Gasteiger partial charge on any atom is 0.389 e. The first kappa shape index (κ1) is 37.3. The molecule has 2 saturated heterocycles. The summed E-state index contributed by atoms with van der Waals surface area (Å²) in [5, 5.41) is 12.9. The highest BCUT2D eigenvalue weighted by molar-refractivity contribution is 5.90. The van der Waals surface area contributed by atoms with Crippen LogP contribution in [0.4, 0.5) is 29.5 Å². The highest BCUT2D eigenvalue weighted by Crippen LogP contribution is 2.33. The van der Waals surface area contributed by atoms with Gasteiger partial charge in [0, 0.05) is 64.7 Å². The molecule has 1 aromatic heterocycles. The summed E-state index contributed by atoms with van der Waals surface area (Å²) in [5.74, 6) is 0.458. The maximum atomic E-state index is 12.8. The molecule has 2 N–H and O–H groups in total. The number of nitrogens with one attached hydrogen (secondary N) is 1. The summed E-state index contributed by atoms with van der Waals surface area (Å²) in [6, 6.07) is 8.77. The van der Waals surface area contributed by atoms with Crippen molar-refractivity contribution in [3.05, 3.63) is 35.9 Å². The Morgan fingerprint density at radius 3 is 2.48 bits per heavy atom. The second-order valence-electron chi connectivity index (χ2n) is 11.6. The van der Waals surface area contributed by atoms with Crippen LogP contribution in [0.2, 0.25) is 0 Å². The predicted octanol–water partition coefficient (Wildman–Crippen LogP) is 5.91. The number of pyridine rings is 1. The minimum Gasteiger partial charge on any atom is -0.475 e. The van der Waals surface area contributed by atoms with Crippen LogP contribution in [-0.2, 0) is 14.2 Å². The summed E-state index contributed by atoms with van der Waals surface area (Å²) in [6.45, 7) is 11.0. The number of carbonyl (C=O) groups is 1. The van der Waals surface area contributed by atoms with E-state index in [0.29, 0.717) is 50.1 Å². The van der Waals surface area contributed by atoms with Gasteiger partial charge in [-0.15, -0.1) is 0 Å². The number of ether oxygens (including phenoxy) is 4. The van der Waals surface area contributed by atoms with Gasteiger partial charge in [-0.25, -0.2) is 4.79 Å². The van der Waals surface area contributed by atoms with Gasteiger partial charge in [0.25, 0.3) is 0 Å². The first-order valence-electron chi connectivity index (χ1n) is 16.0. The molecule has 2 aliphatic heterocycles. The van der Waals surface area contributed by atoms with Crippen LogP contribution in [0.25, 0.3) is 11.1 Å². The van der Waals surface area contributed by atoms with Gasteiger partial charge in [-0.2, -0.15) is 18.2 Å². The van der Waals surface area contributed by atoms with Gasteiger partial charge in [-0.05, 0) is 67.0 Å². The summed E-state index contributed by atoms with van der Waals surface area (Å²) in [7, 11) is 1.50. The van der Waals surface area contributed by atoms with E-state index in [2.05, 4.69) is 29.0 Å². The molecule has 258 valence electrons. The van der Waals surface area contributed by atoms with Crippen LogP contribution in [-0.4, -0.2) is 106 Å². The van der Waals surface area contributed by atoms with Crippen molar-refractivity contribution in [2.24, 2.45) is 5.92 Å². The third-order valence-electron chi connectivity index (χ3n) is 7.50. The quantitative estimate of drug-likeness (QED) is 0.257. The fourth-order valence-electron chi connectivity index (χ4n) is 5.21. The molecule has 0 bridgehead atoms. The van der Waals surface area contributed by atoms with E-state index in [-0.39, 0.29) is 26.3 Å². The lowest BCUT2D eigenvalue weighted by Crippen LogP contribution is -2.36. The lowest BCUT2D eigenvalue weighted by molar-refractivity contribution is -0.143. The lowest BCUT2D eigenvalue weighted by atomic mass is 10.0. The highest BCUT2D eigenvalue weighted by atomic mass is 19.4. The van der Waals surface area contributed by atoms with Crippen LogP contribution in [0.3, 0.4) is 0 Å². The Balaban J connectivity index is 0.000000738. The summed E-state index contributed by atoms with van der Waals surface area (Å²) >= 11 is 0. The first-order chi connectivity index (χ1) is 22.0. The smallest absolute Gasteiger partial charge is 0.389 e. The third kappa shape index (κ3) is 12.6. The molecule has 13 heteroatoms. The molecule has 4 rings (SSSR count). The summed E-state index contributed by atoms with van der Waals surface area (Å²) in [6.07, 6.45) is -3.33. The van der Waals surface area contributed by atoms with Gasteiger partial charge in [0.15, 0.2) is 0 Å². The van der Waals surface area contributed by atoms with E-state index in [0.717, 1.165) is 42.7 Å². The normalized spacial score (nSPS) is 17.3. The number of amides is 2. The van der Waals surface area contributed by atoms with Crippen molar-refractivity contribution < 1.29 is 42.0 Å². The molecule has 0 radical (unpaired) electrons. The Kier molecular flexibility index (Phi) is 15.3. The Morgan fingerprint density at radius 1 is 1.11 bits per heavy atom. The van der Waals surface area contributed by atoms with Crippen LogP contribution >= 0.6 is 0 Å². The molecule has 0 aliphatic carbocycles. The zero-order valence-corrected chi connectivity index (χ0v) is 27.4. The van der Waals surface area contributed by atoms with Crippen LogP contribution in [0.5, 0.6) is 5.88 Å². The molecular weight excluding hydrogens is 605 g/mol. The molecule has 3 heterocycles. The van der Waals surface area contributed by atoms with Gasteiger partial charge < -0.3 is 39.2 Å². The standard InChI is InChI=1S/C27H35F3N4O5.C6H14O/c1-18-3-4-21(31-26(36)34-6-5-19(15-34)14-27(28,29)30)13-23(18)20-11-24(33-7-9-38-10-8-33)32-25(12-20)39-17-22(35)16-37-2;1-3-5-7-6-4-2/h3-4,11-13,19,22,35H,5-10,14-17H2,1-2H3,(H,31,36);3-6H2,1-2H3. The number of aryl methyl sites for hydroxylation is 1. The molecule has 2 atom stereocenters. The number of benzene rings is 1. The van der Waals surface area contributed by atoms with E-state index < -0.39 is 30.7 Å². The molecular formula is C33H49F3N4O6. The van der Waals surface area contributed by atoms with Crippen LogP contribution < -0.4 is 15.0 Å². The number of alkyl halides is 3. The van der Waals surface area contributed by atoms with Crippen LogP contribution in [0.1, 0.15) is 45.1 Å². The molecule has 0 saturated carbocycles. The van der Waals surface area contributed by atoms with Crippen molar-refractivity contribution in [2.45, 2.75) is 58.7 Å². The van der Waals surface area contributed by atoms with Crippen LogP contribution in [0, 0.1) is 12.8 Å². The van der Waals surface area contributed by atoms with E-state index in [9.17, 15) is 23.1 Å². The van der Waals surface area contributed by atoms with E-state index >= 15 is 0 Å². The minimum atomic E-state index is -4.24. The minimum absolute atomic E-state index is 0.00703.